The van der Waals surface area contributed by atoms with Crippen molar-refractivity contribution < 1.29 is 14.6 Å². The lowest BCUT2D eigenvalue weighted by molar-refractivity contribution is -0.155. The molecule has 2 bridgehead atoms. The predicted octanol–water partition coefficient (Wildman–Crippen LogP) is 6.38. The summed E-state index contributed by atoms with van der Waals surface area (Å²) >= 11 is 1.93. The van der Waals surface area contributed by atoms with E-state index in [9.17, 15) is 9.90 Å². The molecule has 3 saturated heterocycles. The van der Waals surface area contributed by atoms with Crippen LogP contribution in [0.15, 0.2) is 78.9 Å². The zero-order chi connectivity index (χ0) is 28.3. The molecule has 5 unspecified atom stereocenters. The molecule has 3 aliphatic rings. The molecule has 0 aliphatic carbocycles. The summed E-state index contributed by atoms with van der Waals surface area (Å²) in [4.78, 5) is 15.4. The van der Waals surface area contributed by atoms with Gasteiger partial charge in [0.1, 0.15) is 5.75 Å². The Hall–Kier alpha value is -2.80. The van der Waals surface area contributed by atoms with Crippen LogP contribution in [-0.2, 0) is 16.1 Å². The summed E-state index contributed by atoms with van der Waals surface area (Å²) in [5, 5.41) is 14.4. The van der Waals surface area contributed by atoms with Crippen LogP contribution in [0, 0.1) is 11.8 Å². The Morgan fingerprint density at radius 3 is 2.30 bits per heavy atom. The van der Waals surface area contributed by atoms with E-state index in [-0.39, 0.29) is 28.7 Å². The van der Waals surface area contributed by atoms with Crippen molar-refractivity contribution in [2.24, 2.45) is 11.8 Å². The summed E-state index contributed by atoms with van der Waals surface area (Å²) in [6.45, 7) is 9.14. The van der Waals surface area contributed by atoms with Gasteiger partial charge < -0.3 is 15.2 Å². The van der Waals surface area contributed by atoms with Gasteiger partial charge in [-0.05, 0) is 67.3 Å². The third-order valence-corrected chi connectivity index (χ3v) is 10.2. The van der Waals surface area contributed by atoms with Crippen molar-refractivity contribution in [1.29, 1.82) is 0 Å². The lowest BCUT2D eigenvalue weighted by Crippen LogP contribution is -2.67. The summed E-state index contributed by atoms with van der Waals surface area (Å²) in [7, 11) is 1.72. The first-order chi connectivity index (χ1) is 19.3. The number of nitrogens with one attached hydrogen (secondary N) is 1. The van der Waals surface area contributed by atoms with E-state index in [4.69, 9.17) is 4.74 Å². The number of benzene rings is 3. The molecule has 0 saturated carbocycles. The van der Waals surface area contributed by atoms with E-state index in [0.717, 1.165) is 36.6 Å². The van der Waals surface area contributed by atoms with Gasteiger partial charge in [0.25, 0.3) is 0 Å². The minimum absolute atomic E-state index is 0.00215. The molecule has 2 N–H and O–H groups in total. The van der Waals surface area contributed by atoms with Crippen LogP contribution in [0.5, 0.6) is 5.75 Å². The van der Waals surface area contributed by atoms with Crippen LogP contribution in [-0.4, -0.2) is 54.0 Å². The number of piperidine rings is 3. The van der Waals surface area contributed by atoms with E-state index < -0.39 is 11.9 Å². The Bertz CT molecular complexity index is 1240. The molecule has 3 aliphatic heterocycles. The summed E-state index contributed by atoms with van der Waals surface area (Å²) < 4.78 is 5.74. The highest BCUT2D eigenvalue weighted by Gasteiger charge is 2.53. The zero-order valence-corrected chi connectivity index (χ0v) is 24.9. The highest BCUT2D eigenvalue weighted by Crippen LogP contribution is 2.46. The fraction of sp³-hybridized carbons (Fsp3) is 0.441. The van der Waals surface area contributed by atoms with Gasteiger partial charge in [0.05, 0.1) is 13.0 Å². The van der Waals surface area contributed by atoms with Crippen LogP contribution in [0.2, 0.25) is 0 Å². The first kappa shape index (κ1) is 28.7. The van der Waals surface area contributed by atoms with E-state index in [1.54, 1.807) is 7.11 Å². The van der Waals surface area contributed by atoms with Crippen molar-refractivity contribution in [3.8, 4) is 5.75 Å². The Morgan fingerprint density at radius 2 is 1.73 bits per heavy atom. The van der Waals surface area contributed by atoms with Gasteiger partial charge in [-0.2, -0.15) is 11.8 Å². The standard InChI is InChI=1S/C34H42N2O3S/c1-5-40-34(2,3)26-16-17-29(39-4)25(20-26)21-35-28-22-36-19-18-27(28)31(33(37)38)32(36)30(23-12-8-6-9-13-23)24-14-10-7-11-15-24/h6-17,20,27-28,30-32,35H,5,18-19,21-22H2,1-4H3,(H,37,38). The zero-order valence-electron chi connectivity index (χ0n) is 24.0. The van der Waals surface area contributed by atoms with Crippen molar-refractivity contribution in [3.63, 3.8) is 0 Å². The Morgan fingerprint density at radius 1 is 1.07 bits per heavy atom. The molecule has 3 aromatic rings. The van der Waals surface area contributed by atoms with E-state index in [1.165, 1.54) is 16.7 Å². The Labute approximate surface area is 243 Å². The number of fused-ring (bicyclic) bond motifs is 3. The number of aliphatic carboxylic acids is 1. The third kappa shape index (κ3) is 5.81. The van der Waals surface area contributed by atoms with Crippen molar-refractivity contribution in [1.82, 2.24) is 10.2 Å². The van der Waals surface area contributed by atoms with Gasteiger partial charge in [0, 0.05) is 41.4 Å². The van der Waals surface area contributed by atoms with Crippen molar-refractivity contribution in [3.05, 3.63) is 101 Å². The van der Waals surface area contributed by atoms with E-state index in [2.05, 4.69) is 97.7 Å². The van der Waals surface area contributed by atoms with Gasteiger partial charge in [-0.3, -0.25) is 9.69 Å². The van der Waals surface area contributed by atoms with Crippen molar-refractivity contribution in [2.45, 2.75) is 56.5 Å². The molecular weight excluding hydrogens is 516 g/mol. The first-order valence-electron chi connectivity index (χ1n) is 14.5. The number of rotatable bonds is 11. The number of carboxylic acids is 1. The number of nitrogens with zero attached hydrogens (tertiary/aromatic N) is 1. The number of thioether (sulfide) groups is 1. The molecule has 0 amide bonds. The molecule has 6 rings (SSSR count). The first-order valence-corrected chi connectivity index (χ1v) is 15.4. The Balaban J connectivity index is 1.42. The SMILES string of the molecule is CCSC(C)(C)c1ccc(OC)c(CNC2CN3CCC2C(C(=O)O)C3C(c2ccccc2)c2ccccc2)c1. The molecule has 0 spiro atoms. The van der Waals surface area contributed by atoms with E-state index in [1.807, 2.05) is 23.9 Å². The van der Waals surface area contributed by atoms with Crippen LogP contribution in [0.3, 0.4) is 0 Å². The van der Waals surface area contributed by atoms with Gasteiger partial charge >= 0.3 is 5.97 Å². The fourth-order valence-corrected chi connectivity index (χ4v) is 8.04. The van der Waals surface area contributed by atoms with Crippen molar-refractivity contribution in [2.75, 3.05) is 26.0 Å². The normalized spacial score (nSPS) is 24.3. The molecule has 0 aromatic heterocycles. The molecule has 5 atom stereocenters. The quantitative estimate of drug-likeness (QED) is 0.285. The van der Waals surface area contributed by atoms with Crippen LogP contribution in [0.4, 0.5) is 0 Å². The highest BCUT2D eigenvalue weighted by atomic mass is 32.2. The fourth-order valence-electron chi connectivity index (χ4n) is 7.02. The van der Waals surface area contributed by atoms with E-state index >= 15 is 0 Å². The monoisotopic (exact) mass is 558 g/mol. The van der Waals surface area contributed by atoms with Gasteiger partial charge in [-0.25, -0.2) is 0 Å². The van der Waals surface area contributed by atoms with Gasteiger partial charge in [0.15, 0.2) is 0 Å². The number of carbonyl (C=O) groups is 1. The number of hydrogen-bond donors (Lipinski definition) is 2. The lowest BCUT2D eigenvalue weighted by Gasteiger charge is -2.55. The Kier molecular flexibility index (Phi) is 8.89. The van der Waals surface area contributed by atoms with E-state index in [0.29, 0.717) is 6.54 Å². The summed E-state index contributed by atoms with van der Waals surface area (Å²) in [6, 6.07) is 27.4. The molecule has 0 radical (unpaired) electrons. The number of carboxylic acid groups (broad SMARTS) is 1. The summed E-state index contributed by atoms with van der Waals surface area (Å²) in [5.74, 6) is 0.831. The smallest absolute Gasteiger partial charge is 0.308 e. The molecule has 3 aromatic carbocycles. The van der Waals surface area contributed by atoms with Crippen LogP contribution >= 0.6 is 11.8 Å². The third-order valence-electron chi connectivity index (χ3n) is 8.93. The van der Waals surface area contributed by atoms with Crippen molar-refractivity contribution >= 4 is 17.7 Å². The minimum atomic E-state index is -0.694. The largest absolute Gasteiger partial charge is 0.496 e. The number of hydrogen-bond acceptors (Lipinski definition) is 5. The minimum Gasteiger partial charge on any atom is -0.496 e. The maximum atomic E-state index is 13.0. The summed E-state index contributed by atoms with van der Waals surface area (Å²) in [5.41, 5.74) is 4.76. The number of ether oxygens (including phenoxy) is 1. The average molecular weight is 559 g/mol. The van der Waals surface area contributed by atoms with Gasteiger partial charge in [-0.15, -0.1) is 0 Å². The topological polar surface area (TPSA) is 61.8 Å². The maximum absolute atomic E-state index is 13.0. The van der Waals surface area contributed by atoms with Crippen LogP contribution in [0.1, 0.15) is 55.4 Å². The molecule has 5 nitrogen and oxygen atoms in total. The highest BCUT2D eigenvalue weighted by molar-refractivity contribution is 8.00. The molecule has 212 valence electrons. The second-order valence-electron chi connectivity index (χ2n) is 11.6. The molecular formula is C34H42N2O3S. The van der Waals surface area contributed by atoms with Gasteiger partial charge in [0.2, 0.25) is 0 Å². The molecule has 6 heteroatoms. The van der Waals surface area contributed by atoms with Crippen LogP contribution < -0.4 is 10.1 Å². The maximum Gasteiger partial charge on any atom is 0.308 e. The number of methoxy groups -OCH3 is 1. The lowest BCUT2D eigenvalue weighted by atomic mass is 9.65. The molecule has 40 heavy (non-hydrogen) atoms. The second-order valence-corrected chi connectivity index (χ2v) is 13.4. The summed E-state index contributed by atoms with van der Waals surface area (Å²) in [6.07, 6.45) is 0.888. The predicted molar refractivity (Wildman–Crippen MR) is 164 cm³/mol. The average Bonchev–Trinajstić information content (AvgIpc) is 2.97. The van der Waals surface area contributed by atoms with Gasteiger partial charge in [-0.1, -0.05) is 73.7 Å². The van der Waals surface area contributed by atoms with Crippen LogP contribution in [0.25, 0.3) is 0 Å². The molecule has 3 fully saturated rings. The second kappa shape index (κ2) is 12.4. The molecule has 3 heterocycles.